The van der Waals surface area contributed by atoms with Crippen LogP contribution in [0.15, 0.2) is 42.5 Å². The topological polar surface area (TPSA) is 139 Å². The summed E-state index contributed by atoms with van der Waals surface area (Å²) >= 11 is 0. The van der Waals surface area contributed by atoms with Gasteiger partial charge in [0.15, 0.2) is 0 Å². The smallest absolute Gasteiger partial charge is 0.346 e. The van der Waals surface area contributed by atoms with E-state index < -0.39 is 16.9 Å². The normalized spacial score (nSPS) is 10.0. The van der Waals surface area contributed by atoms with Crippen LogP contribution in [-0.4, -0.2) is 16.9 Å². The van der Waals surface area contributed by atoms with Crippen LogP contribution in [0.25, 0.3) is 0 Å². The Morgan fingerprint density at radius 2 is 1.50 bits per heavy atom. The van der Waals surface area contributed by atoms with E-state index in [0.717, 1.165) is 12.1 Å². The number of nitrogens with zero attached hydrogens (tertiary/aromatic N) is 1. The van der Waals surface area contributed by atoms with Crippen molar-refractivity contribution in [2.24, 2.45) is 0 Å². The minimum Gasteiger partial charge on any atom is -0.399 e. The van der Waals surface area contributed by atoms with Crippen LogP contribution >= 0.6 is 0 Å². The van der Waals surface area contributed by atoms with Gasteiger partial charge in [0.25, 0.3) is 5.69 Å². The zero-order valence-corrected chi connectivity index (χ0v) is 11.2. The highest BCUT2D eigenvalue weighted by molar-refractivity contribution is 6.03. The summed E-state index contributed by atoms with van der Waals surface area (Å²) in [5, 5.41) is 10.7. The summed E-state index contributed by atoms with van der Waals surface area (Å²) in [6, 6.07) is 9.01. The number of carbonyl (C=O) groups excluding carboxylic acids is 2. The molecule has 0 bridgehead atoms. The van der Waals surface area contributed by atoms with Gasteiger partial charge in [-0.05, 0) is 30.3 Å². The van der Waals surface area contributed by atoms with Crippen molar-refractivity contribution in [2.75, 3.05) is 11.5 Å². The first kappa shape index (κ1) is 15.0. The molecule has 0 amide bonds. The third-order valence-electron chi connectivity index (χ3n) is 2.72. The Bertz CT molecular complexity index is 756. The molecule has 0 saturated carbocycles. The van der Waals surface area contributed by atoms with Gasteiger partial charge >= 0.3 is 11.9 Å². The number of nitrogens with two attached hydrogens (primary N) is 2. The number of carbonyl (C=O) groups is 2. The van der Waals surface area contributed by atoms with Gasteiger partial charge in [-0.1, -0.05) is 0 Å². The monoisotopic (exact) mass is 301 g/mol. The summed E-state index contributed by atoms with van der Waals surface area (Å²) in [5.74, 6) is -1.92. The molecule has 2 aromatic rings. The molecule has 0 atom stereocenters. The number of non-ortho nitro benzene ring substituents is 1. The Balaban J connectivity index is 2.20. The molecule has 0 fully saturated rings. The van der Waals surface area contributed by atoms with Gasteiger partial charge in [-0.15, -0.1) is 0 Å². The van der Waals surface area contributed by atoms with E-state index in [1.807, 2.05) is 0 Å². The summed E-state index contributed by atoms with van der Waals surface area (Å²) in [7, 11) is 0. The lowest BCUT2D eigenvalue weighted by Gasteiger charge is -2.04. The van der Waals surface area contributed by atoms with Gasteiger partial charge in [-0.25, -0.2) is 9.59 Å². The van der Waals surface area contributed by atoms with Gasteiger partial charge in [0, 0.05) is 23.5 Å². The first-order valence-corrected chi connectivity index (χ1v) is 6.04. The molecule has 112 valence electrons. The highest BCUT2D eigenvalue weighted by Crippen LogP contribution is 2.20. The fourth-order valence-electron chi connectivity index (χ4n) is 1.68. The minimum atomic E-state index is -1.03. The first-order chi connectivity index (χ1) is 10.4. The van der Waals surface area contributed by atoms with Gasteiger partial charge in [0.2, 0.25) is 0 Å². The predicted molar refractivity (Wildman–Crippen MR) is 78.1 cm³/mol. The van der Waals surface area contributed by atoms with Crippen molar-refractivity contribution >= 4 is 29.0 Å². The molecular weight excluding hydrogens is 290 g/mol. The molecular formula is C14H11N3O5. The van der Waals surface area contributed by atoms with E-state index >= 15 is 0 Å². The summed E-state index contributed by atoms with van der Waals surface area (Å²) in [4.78, 5) is 33.7. The maximum atomic E-state index is 11.9. The molecule has 0 aliphatic heterocycles. The molecule has 0 aliphatic carbocycles. The molecule has 0 aromatic heterocycles. The fraction of sp³-hybridized carbons (Fsp3) is 0. The molecule has 4 N–H and O–H groups in total. The van der Waals surface area contributed by atoms with E-state index in [1.54, 1.807) is 0 Å². The number of nitro groups is 1. The van der Waals surface area contributed by atoms with Crippen molar-refractivity contribution < 1.29 is 19.2 Å². The fourth-order valence-corrected chi connectivity index (χ4v) is 1.68. The van der Waals surface area contributed by atoms with E-state index in [0.29, 0.717) is 5.69 Å². The van der Waals surface area contributed by atoms with Crippen LogP contribution in [-0.2, 0) is 4.74 Å². The van der Waals surface area contributed by atoms with Crippen molar-refractivity contribution in [3.8, 4) is 0 Å². The van der Waals surface area contributed by atoms with Crippen LogP contribution in [0, 0.1) is 10.1 Å². The second-order valence-electron chi connectivity index (χ2n) is 4.37. The molecule has 0 heterocycles. The number of nitro benzene ring substituents is 1. The Morgan fingerprint density at radius 1 is 0.909 bits per heavy atom. The maximum absolute atomic E-state index is 11.9. The number of anilines is 2. The molecule has 0 spiro atoms. The summed E-state index contributed by atoms with van der Waals surface area (Å²) in [6.07, 6.45) is 0. The Labute approximate surface area is 124 Å². The van der Waals surface area contributed by atoms with Crippen LogP contribution in [0.3, 0.4) is 0 Å². The Kier molecular flexibility index (Phi) is 4.03. The number of hydrogen-bond donors (Lipinski definition) is 2. The van der Waals surface area contributed by atoms with Crippen LogP contribution in [0.1, 0.15) is 20.7 Å². The standard InChI is InChI=1S/C14H11N3O5/c15-10-3-1-8(2-4-10)13(18)22-14(19)9-5-11(16)7-12(6-9)17(20)21/h1-7H,15-16H2. The quantitative estimate of drug-likeness (QED) is 0.289. The highest BCUT2D eigenvalue weighted by atomic mass is 16.6. The molecule has 2 aromatic carbocycles. The first-order valence-electron chi connectivity index (χ1n) is 6.04. The number of hydrogen-bond acceptors (Lipinski definition) is 7. The predicted octanol–water partition coefficient (Wildman–Crippen LogP) is 1.76. The van der Waals surface area contributed by atoms with Crippen molar-refractivity contribution in [3.63, 3.8) is 0 Å². The molecule has 8 heteroatoms. The lowest BCUT2D eigenvalue weighted by Crippen LogP contribution is -2.13. The van der Waals surface area contributed by atoms with Gasteiger partial charge < -0.3 is 16.2 Å². The zero-order valence-electron chi connectivity index (χ0n) is 11.2. The van der Waals surface area contributed by atoms with E-state index in [9.17, 15) is 19.7 Å². The maximum Gasteiger partial charge on any atom is 0.346 e. The van der Waals surface area contributed by atoms with Crippen molar-refractivity contribution in [1.82, 2.24) is 0 Å². The van der Waals surface area contributed by atoms with Crippen LogP contribution in [0.5, 0.6) is 0 Å². The number of rotatable bonds is 3. The van der Waals surface area contributed by atoms with Crippen LogP contribution in [0.2, 0.25) is 0 Å². The van der Waals surface area contributed by atoms with Crippen LogP contribution < -0.4 is 11.5 Å². The summed E-state index contributed by atoms with van der Waals surface area (Å²) in [5.41, 5.74) is 11.0. The number of nitrogen functional groups attached to an aromatic ring is 2. The van der Waals surface area contributed by atoms with E-state index in [-0.39, 0.29) is 22.5 Å². The van der Waals surface area contributed by atoms with Gasteiger partial charge in [-0.2, -0.15) is 0 Å². The van der Waals surface area contributed by atoms with Gasteiger partial charge in [0.1, 0.15) is 0 Å². The molecule has 0 saturated heterocycles. The second kappa shape index (κ2) is 5.92. The van der Waals surface area contributed by atoms with Gasteiger partial charge in [-0.3, -0.25) is 10.1 Å². The number of esters is 2. The minimum absolute atomic E-state index is 0.0149. The molecule has 2 rings (SSSR count). The van der Waals surface area contributed by atoms with Crippen molar-refractivity contribution in [1.29, 1.82) is 0 Å². The van der Waals surface area contributed by atoms with Gasteiger partial charge in [0.05, 0.1) is 16.1 Å². The largest absolute Gasteiger partial charge is 0.399 e. The Morgan fingerprint density at radius 3 is 2.09 bits per heavy atom. The average Bonchev–Trinajstić information content (AvgIpc) is 2.47. The Hall–Kier alpha value is -3.42. The molecule has 22 heavy (non-hydrogen) atoms. The molecule has 0 aliphatic rings. The third kappa shape index (κ3) is 3.37. The molecule has 0 radical (unpaired) electrons. The average molecular weight is 301 g/mol. The van der Waals surface area contributed by atoms with Crippen molar-refractivity contribution in [2.45, 2.75) is 0 Å². The number of benzene rings is 2. The lowest BCUT2D eigenvalue weighted by atomic mass is 10.1. The number of ether oxygens (including phenoxy) is 1. The second-order valence-corrected chi connectivity index (χ2v) is 4.37. The molecule has 8 nitrogen and oxygen atoms in total. The van der Waals surface area contributed by atoms with Crippen LogP contribution in [0.4, 0.5) is 17.1 Å². The SMILES string of the molecule is Nc1ccc(C(=O)OC(=O)c2cc(N)cc([N+](=O)[O-])c2)cc1. The zero-order chi connectivity index (χ0) is 16.3. The third-order valence-corrected chi connectivity index (χ3v) is 2.72. The lowest BCUT2D eigenvalue weighted by molar-refractivity contribution is -0.384. The highest BCUT2D eigenvalue weighted by Gasteiger charge is 2.18. The van der Waals surface area contributed by atoms with E-state index in [2.05, 4.69) is 4.74 Å². The molecule has 0 unspecified atom stereocenters. The summed E-state index contributed by atoms with van der Waals surface area (Å²) in [6.45, 7) is 0. The summed E-state index contributed by atoms with van der Waals surface area (Å²) < 4.78 is 4.66. The van der Waals surface area contributed by atoms with Crippen molar-refractivity contribution in [3.05, 3.63) is 63.7 Å². The van der Waals surface area contributed by atoms with E-state index in [1.165, 1.54) is 30.3 Å². The van der Waals surface area contributed by atoms with E-state index in [4.69, 9.17) is 11.5 Å².